The van der Waals surface area contributed by atoms with E-state index in [-0.39, 0.29) is 11.0 Å². The molecule has 3 aromatic rings. The second kappa shape index (κ2) is 8.64. The van der Waals surface area contributed by atoms with Crippen LogP contribution < -0.4 is 0 Å². The van der Waals surface area contributed by atoms with Crippen LogP contribution in [-0.2, 0) is 17.4 Å². The minimum atomic E-state index is -4.52. The van der Waals surface area contributed by atoms with Crippen LogP contribution in [0.25, 0.3) is 10.6 Å². The van der Waals surface area contributed by atoms with Crippen LogP contribution in [0, 0.1) is 5.41 Å². The summed E-state index contributed by atoms with van der Waals surface area (Å²) in [5.41, 5.74) is 2.67. The Kier molecular flexibility index (Phi) is 6.17. The molecule has 0 unspecified atom stereocenters. The molecule has 1 aliphatic carbocycles. The van der Waals surface area contributed by atoms with Crippen molar-refractivity contribution in [3.8, 4) is 10.6 Å². The Morgan fingerprint density at radius 1 is 1.27 bits per heavy atom. The molecule has 174 valence electrons. The van der Waals surface area contributed by atoms with Crippen LogP contribution in [0.3, 0.4) is 0 Å². The number of carbonyl (C=O) groups excluding carboxylic acids is 1. The molecule has 0 amide bonds. The lowest BCUT2D eigenvalue weighted by Gasteiger charge is -2.31. The minimum absolute atomic E-state index is 0.0354. The summed E-state index contributed by atoms with van der Waals surface area (Å²) in [4.78, 5) is 18.9. The second-order valence-electron chi connectivity index (χ2n) is 8.54. The van der Waals surface area contributed by atoms with E-state index in [2.05, 4.69) is 24.1 Å². The first-order valence-corrected chi connectivity index (χ1v) is 12.2. The van der Waals surface area contributed by atoms with Crippen LogP contribution in [0.5, 0.6) is 0 Å². The highest BCUT2D eigenvalue weighted by Crippen LogP contribution is 2.48. The van der Waals surface area contributed by atoms with E-state index in [4.69, 9.17) is 4.84 Å². The molecule has 0 spiro atoms. The lowest BCUT2D eigenvalue weighted by Crippen LogP contribution is -2.27. The van der Waals surface area contributed by atoms with Crippen LogP contribution in [0.1, 0.15) is 47.3 Å². The van der Waals surface area contributed by atoms with Gasteiger partial charge in [0, 0.05) is 17.3 Å². The number of aromatic nitrogens is 2. The number of hydrogen-bond acceptors (Lipinski definition) is 6. The molecule has 33 heavy (non-hydrogen) atoms. The van der Waals surface area contributed by atoms with Crippen molar-refractivity contribution in [3.05, 3.63) is 58.8 Å². The Morgan fingerprint density at radius 2 is 2.03 bits per heavy atom. The zero-order chi connectivity index (χ0) is 24.0. The molecule has 0 aliphatic heterocycles. The largest absolute Gasteiger partial charge is 0.416 e. The Bertz CT molecular complexity index is 1240. The van der Waals surface area contributed by atoms with Gasteiger partial charge in [0.25, 0.3) is 5.91 Å². The SMILES string of the molecule is CO/N=C1\CC(C)(C)Cc2c(-c3ccn(C(=O)c4cccc(C(F)(F)F)c4)n3)sc(SC)c21. The number of thioether (sulfide) groups is 1. The van der Waals surface area contributed by atoms with Gasteiger partial charge in [-0.3, -0.25) is 4.79 Å². The minimum Gasteiger partial charge on any atom is -0.399 e. The van der Waals surface area contributed by atoms with E-state index in [1.807, 2.05) is 6.26 Å². The fourth-order valence-electron chi connectivity index (χ4n) is 4.04. The number of carbonyl (C=O) groups is 1. The summed E-state index contributed by atoms with van der Waals surface area (Å²) < 4.78 is 41.3. The lowest BCUT2D eigenvalue weighted by atomic mass is 9.74. The van der Waals surface area contributed by atoms with Crippen molar-refractivity contribution in [1.82, 2.24) is 9.78 Å². The van der Waals surface area contributed by atoms with Crippen LogP contribution in [-0.4, -0.2) is 34.8 Å². The molecular formula is C23H22F3N3O2S2. The average molecular weight is 494 g/mol. The number of nitrogens with zero attached hydrogens (tertiary/aromatic N) is 3. The van der Waals surface area contributed by atoms with Crippen molar-refractivity contribution in [3.63, 3.8) is 0 Å². The lowest BCUT2D eigenvalue weighted by molar-refractivity contribution is -0.137. The normalized spacial score (nSPS) is 16.6. The van der Waals surface area contributed by atoms with Gasteiger partial charge in [-0.05, 0) is 54.3 Å². The monoisotopic (exact) mass is 493 g/mol. The first-order chi connectivity index (χ1) is 15.5. The van der Waals surface area contributed by atoms with Crippen LogP contribution >= 0.6 is 23.1 Å². The van der Waals surface area contributed by atoms with E-state index in [1.54, 1.807) is 29.2 Å². The third kappa shape index (κ3) is 4.59. The fourth-order valence-corrected chi connectivity index (χ4v) is 6.11. The molecule has 5 nitrogen and oxygen atoms in total. The molecule has 2 aromatic heterocycles. The van der Waals surface area contributed by atoms with Gasteiger partial charge < -0.3 is 4.84 Å². The van der Waals surface area contributed by atoms with Gasteiger partial charge >= 0.3 is 6.18 Å². The van der Waals surface area contributed by atoms with Crippen molar-refractivity contribution in [1.29, 1.82) is 0 Å². The van der Waals surface area contributed by atoms with Crippen molar-refractivity contribution < 1.29 is 22.8 Å². The predicted octanol–water partition coefficient (Wildman–Crippen LogP) is 6.36. The maximum atomic E-state index is 13.1. The topological polar surface area (TPSA) is 56.5 Å². The summed E-state index contributed by atoms with van der Waals surface area (Å²) in [7, 11) is 1.53. The molecule has 0 atom stereocenters. The summed E-state index contributed by atoms with van der Waals surface area (Å²) >= 11 is 3.19. The fraction of sp³-hybridized carbons (Fsp3) is 0.348. The first-order valence-electron chi connectivity index (χ1n) is 10.1. The van der Waals surface area contributed by atoms with Crippen molar-refractivity contribution in [2.45, 2.75) is 37.1 Å². The van der Waals surface area contributed by atoms with Gasteiger partial charge in [0.15, 0.2) is 0 Å². The van der Waals surface area contributed by atoms with Crippen LogP contribution in [0.2, 0.25) is 0 Å². The smallest absolute Gasteiger partial charge is 0.399 e. The van der Waals surface area contributed by atoms with E-state index in [0.29, 0.717) is 5.69 Å². The zero-order valence-corrected chi connectivity index (χ0v) is 20.1. The highest BCUT2D eigenvalue weighted by Gasteiger charge is 2.36. The highest BCUT2D eigenvalue weighted by atomic mass is 32.2. The average Bonchev–Trinajstić information content (AvgIpc) is 3.37. The number of rotatable bonds is 4. The zero-order valence-electron chi connectivity index (χ0n) is 18.5. The van der Waals surface area contributed by atoms with E-state index in [9.17, 15) is 18.0 Å². The molecule has 2 heterocycles. The van der Waals surface area contributed by atoms with E-state index in [1.165, 1.54) is 25.4 Å². The summed E-state index contributed by atoms with van der Waals surface area (Å²) in [6.45, 7) is 4.33. The van der Waals surface area contributed by atoms with Crippen LogP contribution in [0.15, 0.2) is 45.9 Å². The van der Waals surface area contributed by atoms with Crippen LogP contribution in [0.4, 0.5) is 13.2 Å². The van der Waals surface area contributed by atoms with Crippen molar-refractivity contribution >= 4 is 34.7 Å². The van der Waals surface area contributed by atoms with Gasteiger partial charge in [-0.2, -0.15) is 18.3 Å². The van der Waals surface area contributed by atoms with Crippen molar-refractivity contribution in [2.75, 3.05) is 13.4 Å². The standard InChI is InChI=1S/C23H22F3N3O2S2/c1-22(2)11-15-18(17(12-22)28-31-3)21(32-4)33-19(15)16-8-9-29(27-16)20(30)13-6-5-7-14(10-13)23(24,25)26/h5-10H,11-12H2,1-4H3/b28-17+. The Morgan fingerprint density at radius 3 is 2.70 bits per heavy atom. The molecule has 0 bridgehead atoms. The maximum Gasteiger partial charge on any atom is 0.416 e. The van der Waals surface area contributed by atoms with Gasteiger partial charge in [-0.25, -0.2) is 4.68 Å². The summed E-state index contributed by atoms with van der Waals surface area (Å²) in [6.07, 6.45) is 0.548. The number of alkyl halides is 3. The Labute approximate surface area is 197 Å². The maximum absolute atomic E-state index is 13.1. The molecule has 0 saturated heterocycles. The number of oxime groups is 1. The molecule has 4 rings (SSSR count). The van der Waals surface area contributed by atoms with E-state index < -0.39 is 17.6 Å². The molecule has 10 heteroatoms. The molecule has 0 radical (unpaired) electrons. The summed E-state index contributed by atoms with van der Waals surface area (Å²) in [5.74, 6) is -0.621. The summed E-state index contributed by atoms with van der Waals surface area (Å²) in [6, 6.07) is 6.08. The summed E-state index contributed by atoms with van der Waals surface area (Å²) in [5, 5.41) is 8.71. The van der Waals surface area contributed by atoms with Gasteiger partial charge in [0.05, 0.1) is 20.4 Å². The second-order valence-corrected chi connectivity index (χ2v) is 10.6. The number of hydrogen-bond donors (Lipinski definition) is 0. The molecule has 0 saturated carbocycles. The van der Waals surface area contributed by atoms with Gasteiger partial charge in [-0.15, -0.1) is 23.1 Å². The highest BCUT2D eigenvalue weighted by molar-refractivity contribution is 8.00. The first kappa shape index (κ1) is 23.6. The quantitative estimate of drug-likeness (QED) is 0.313. The van der Waals surface area contributed by atoms with Gasteiger partial charge in [0.2, 0.25) is 0 Å². The number of halogens is 3. The number of thiophene rings is 1. The molecule has 0 N–H and O–H groups in total. The van der Waals surface area contributed by atoms with Gasteiger partial charge in [-0.1, -0.05) is 25.1 Å². The molecule has 1 aliphatic rings. The Hall–Kier alpha value is -2.59. The third-order valence-corrected chi connectivity index (χ3v) is 7.79. The number of benzene rings is 1. The van der Waals surface area contributed by atoms with Crippen molar-refractivity contribution in [2.24, 2.45) is 10.6 Å². The van der Waals surface area contributed by atoms with E-state index in [0.717, 1.165) is 55.6 Å². The van der Waals surface area contributed by atoms with Gasteiger partial charge in [0.1, 0.15) is 12.8 Å². The van der Waals surface area contributed by atoms with E-state index >= 15 is 0 Å². The molecule has 1 aromatic carbocycles. The number of fused-ring (bicyclic) bond motifs is 1. The Balaban J connectivity index is 1.75. The third-order valence-electron chi connectivity index (χ3n) is 5.42. The predicted molar refractivity (Wildman–Crippen MR) is 124 cm³/mol. The molecule has 0 fully saturated rings. The molecular weight excluding hydrogens is 471 g/mol.